The number of benzene rings is 1. The number of aromatic amines is 1. The Morgan fingerprint density at radius 1 is 1.43 bits per heavy atom. The smallest absolute Gasteiger partial charge is 0.178 e. The molecule has 0 atom stereocenters. The van der Waals surface area contributed by atoms with Gasteiger partial charge in [0.1, 0.15) is 6.29 Å². The van der Waals surface area contributed by atoms with Crippen molar-refractivity contribution in [1.29, 1.82) is 0 Å². The average molecular weight is 188 g/mol. The lowest BCUT2D eigenvalue weighted by atomic mass is 10.1. The predicted octanol–water partition coefficient (Wildman–Crippen LogP) is 0.603. The van der Waals surface area contributed by atoms with Gasteiger partial charge in [-0.3, -0.25) is 4.79 Å². The maximum atomic E-state index is 10.5. The fourth-order valence-electron chi connectivity index (χ4n) is 1.22. The van der Waals surface area contributed by atoms with E-state index >= 15 is 0 Å². The predicted molar refractivity (Wildman–Crippen MR) is 48.8 cm³/mol. The molecule has 14 heavy (non-hydrogen) atoms. The summed E-state index contributed by atoms with van der Waals surface area (Å²) in [5, 5.41) is 13.5. The molecule has 0 bridgehead atoms. The lowest BCUT2D eigenvalue weighted by molar-refractivity contribution is 0.112. The number of nitrogens with one attached hydrogen (secondary N) is 1. The summed E-state index contributed by atoms with van der Waals surface area (Å²) in [4.78, 5) is 10.5. The Morgan fingerprint density at radius 2 is 2.36 bits per heavy atom. The molecule has 0 saturated carbocycles. The Labute approximate surface area is 80.2 Å². The Hall–Kier alpha value is -2.04. The number of nitrogens with zero attached hydrogens (tertiary/aromatic N) is 3. The van der Waals surface area contributed by atoms with Gasteiger partial charge in [-0.05, 0) is 11.6 Å². The molecule has 70 valence electrons. The largest absolute Gasteiger partial charge is 0.298 e. The second kappa shape index (κ2) is 3.78. The molecule has 1 aromatic heterocycles. The van der Waals surface area contributed by atoms with Crippen LogP contribution in [0.2, 0.25) is 0 Å². The van der Waals surface area contributed by atoms with Gasteiger partial charge < -0.3 is 0 Å². The van der Waals surface area contributed by atoms with Crippen LogP contribution in [0.15, 0.2) is 24.3 Å². The van der Waals surface area contributed by atoms with Crippen LogP contribution in [0.4, 0.5) is 0 Å². The standard InChI is InChI=1S/C9H8N4O/c14-6-8-3-1-2-7(4-8)5-9-10-12-13-11-9/h1-4,6H,5H2,(H,10,11,12,13). The first-order valence-corrected chi connectivity index (χ1v) is 4.15. The summed E-state index contributed by atoms with van der Waals surface area (Å²) in [6, 6.07) is 7.32. The minimum atomic E-state index is 0.582. The molecule has 0 aliphatic rings. The Kier molecular flexibility index (Phi) is 2.31. The molecule has 5 nitrogen and oxygen atoms in total. The van der Waals surface area contributed by atoms with E-state index in [1.807, 2.05) is 18.2 Å². The summed E-state index contributed by atoms with van der Waals surface area (Å²) in [7, 11) is 0. The van der Waals surface area contributed by atoms with E-state index in [1.165, 1.54) is 0 Å². The van der Waals surface area contributed by atoms with E-state index in [-0.39, 0.29) is 0 Å². The molecular formula is C9H8N4O. The fourth-order valence-corrected chi connectivity index (χ4v) is 1.22. The van der Waals surface area contributed by atoms with Crippen LogP contribution in [-0.2, 0) is 6.42 Å². The van der Waals surface area contributed by atoms with Crippen LogP contribution in [0.25, 0.3) is 0 Å². The number of rotatable bonds is 3. The zero-order chi connectivity index (χ0) is 9.80. The summed E-state index contributed by atoms with van der Waals surface area (Å²) >= 11 is 0. The molecule has 0 unspecified atom stereocenters. The molecule has 0 aliphatic heterocycles. The maximum Gasteiger partial charge on any atom is 0.178 e. The van der Waals surface area contributed by atoms with Crippen molar-refractivity contribution in [2.24, 2.45) is 0 Å². The van der Waals surface area contributed by atoms with Gasteiger partial charge in [0.05, 0.1) is 0 Å². The molecule has 0 spiro atoms. The highest BCUT2D eigenvalue weighted by Gasteiger charge is 2.00. The molecule has 2 aromatic rings. The first-order chi connectivity index (χ1) is 6.88. The van der Waals surface area contributed by atoms with Gasteiger partial charge in [0.15, 0.2) is 5.82 Å². The SMILES string of the molecule is O=Cc1cccc(Cc2nn[nH]n2)c1. The van der Waals surface area contributed by atoms with Gasteiger partial charge in [0.2, 0.25) is 0 Å². The van der Waals surface area contributed by atoms with E-state index in [0.29, 0.717) is 17.8 Å². The number of carbonyl (C=O) groups excluding carboxylic acids is 1. The first-order valence-electron chi connectivity index (χ1n) is 4.15. The third-order valence-electron chi connectivity index (χ3n) is 1.84. The van der Waals surface area contributed by atoms with E-state index in [0.717, 1.165) is 11.8 Å². The maximum absolute atomic E-state index is 10.5. The highest BCUT2D eigenvalue weighted by atomic mass is 16.1. The quantitative estimate of drug-likeness (QED) is 0.716. The van der Waals surface area contributed by atoms with Crippen LogP contribution in [0.5, 0.6) is 0 Å². The normalized spacial score (nSPS) is 10.0. The number of hydrogen-bond acceptors (Lipinski definition) is 4. The Bertz CT molecular complexity index is 424. The third-order valence-corrected chi connectivity index (χ3v) is 1.84. The number of tetrazole rings is 1. The van der Waals surface area contributed by atoms with E-state index < -0.39 is 0 Å². The van der Waals surface area contributed by atoms with Gasteiger partial charge in [-0.1, -0.05) is 23.4 Å². The van der Waals surface area contributed by atoms with Crippen LogP contribution in [-0.4, -0.2) is 26.9 Å². The highest BCUT2D eigenvalue weighted by Crippen LogP contribution is 2.06. The van der Waals surface area contributed by atoms with Crippen LogP contribution in [0.1, 0.15) is 21.7 Å². The lowest BCUT2D eigenvalue weighted by Gasteiger charge is -1.96. The molecule has 1 heterocycles. The number of hydrogen-bond donors (Lipinski definition) is 1. The van der Waals surface area contributed by atoms with Crippen molar-refractivity contribution in [1.82, 2.24) is 20.6 Å². The van der Waals surface area contributed by atoms with E-state index in [9.17, 15) is 4.79 Å². The number of carbonyl (C=O) groups is 1. The summed E-state index contributed by atoms with van der Waals surface area (Å²) < 4.78 is 0. The minimum absolute atomic E-state index is 0.582. The number of H-pyrrole nitrogens is 1. The van der Waals surface area contributed by atoms with Crippen molar-refractivity contribution in [2.45, 2.75) is 6.42 Å². The van der Waals surface area contributed by atoms with Crippen molar-refractivity contribution >= 4 is 6.29 Å². The molecule has 0 amide bonds. The van der Waals surface area contributed by atoms with Gasteiger partial charge in [0, 0.05) is 12.0 Å². The topological polar surface area (TPSA) is 71.5 Å². The minimum Gasteiger partial charge on any atom is -0.298 e. The molecule has 0 saturated heterocycles. The second-order valence-corrected chi connectivity index (χ2v) is 2.87. The van der Waals surface area contributed by atoms with Crippen molar-refractivity contribution in [3.8, 4) is 0 Å². The van der Waals surface area contributed by atoms with Gasteiger partial charge >= 0.3 is 0 Å². The molecule has 5 heteroatoms. The lowest BCUT2D eigenvalue weighted by Crippen LogP contribution is -1.92. The number of aromatic nitrogens is 4. The molecule has 0 radical (unpaired) electrons. The van der Waals surface area contributed by atoms with Crippen molar-refractivity contribution in [3.63, 3.8) is 0 Å². The van der Waals surface area contributed by atoms with Gasteiger partial charge in [-0.15, -0.1) is 10.2 Å². The van der Waals surface area contributed by atoms with E-state index in [2.05, 4.69) is 20.6 Å². The zero-order valence-electron chi connectivity index (χ0n) is 7.34. The molecule has 0 aliphatic carbocycles. The van der Waals surface area contributed by atoms with E-state index in [1.54, 1.807) is 6.07 Å². The van der Waals surface area contributed by atoms with E-state index in [4.69, 9.17) is 0 Å². The fraction of sp³-hybridized carbons (Fsp3) is 0.111. The zero-order valence-corrected chi connectivity index (χ0v) is 7.34. The molecule has 0 fully saturated rings. The van der Waals surface area contributed by atoms with Crippen LogP contribution < -0.4 is 0 Å². The Morgan fingerprint density at radius 3 is 3.07 bits per heavy atom. The van der Waals surface area contributed by atoms with Crippen molar-refractivity contribution in [3.05, 3.63) is 41.2 Å². The molecule has 2 rings (SSSR count). The summed E-state index contributed by atoms with van der Waals surface area (Å²) in [5.74, 6) is 0.619. The van der Waals surface area contributed by atoms with Gasteiger partial charge in [-0.25, -0.2) is 0 Å². The number of aldehydes is 1. The third kappa shape index (κ3) is 1.82. The van der Waals surface area contributed by atoms with Gasteiger partial charge in [-0.2, -0.15) is 5.21 Å². The van der Waals surface area contributed by atoms with Crippen molar-refractivity contribution < 1.29 is 4.79 Å². The molecular weight excluding hydrogens is 180 g/mol. The van der Waals surface area contributed by atoms with Crippen LogP contribution in [0.3, 0.4) is 0 Å². The van der Waals surface area contributed by atoms with Crippen molar-refractivity contribution in [2.75, 3.05) is 0 Å². The van der Waals surface area contributed by atoms with Gasteiger partial charge in [0.25, 0.3) is 0 Å². The summed E-state index contributed by atoms with van der Waals surface area (Å²) in [6.07, 6.45) is 1.40. The molecule has 1 N–H and O–H groups in total. The molecule has 1 aromatic carbocycles. The first kappa shape index (κ1) is 8.55. The monoisotopic (exact) mass is 188 g/mol. The summed E-state index contributed by atoms with van der Waals surface area (Å²) in [5.41, 5.74) is 1.65. The Balaban J connectivity index is 2.21. The summed E-state index contributed by atoms with van der Waals surface area (Å²) in [6.45, 7) is 0. The second-order valence-electron chi connectivity index (χ2n) is 2.87. The van der Waals surface area contributed by atoms with Crippen LogP contribution >= 0.6 is 0 Å². The average Bonchev–Trinajstić information content (AvgIpc) is 2.71. The van der Waals surface area contributed by atoms with Crippen LogP contribution in [0, 0.1) is 0 Å². The highest BCUT2D eigenvalue weighted by molar-refractivity contribution is 5.74.